The van der Waals surface area contributed by atoms with Gasteiger partial charge in [0.05, 0.1) is 11.0 Å². The summed E-state index contributed by atoms with van der Waals surface area (Å²) in [7, 11) is 0. The maximum Gasteiger partial charge on any atom is 0.141 e. The Hall–Kier alpha value is -2.66. The van der Waals surface area contributed by atoms with Crippen molar-refractivity contribution < 1.29 is 9.50 Å². The predicted molar refractivity (Wildman–Crippen MR) is 94.8 cm³/mol. The summed E-state index contributed by atoms with van der Waals surface area (Å²) < 4.78 is 15.3. The van der Waals surface area contributed by atoms with Gasteiger partial charge in [-0.15, -0.1) is 11.3 Å². The Labute approximate surface area is 142 Å². The molecule has 4 rings (SSSR count). The van der Waals surface area contributed by atoms with Gasteiger partial charge < -0.3 is 9.67 Å². The first-order chi connectivity index (χ1) is 11.7. The van der Waals surface area contributed by atoms with Gasteiger partial charge in [0.25, 0.3) is 0 Å². The molecule has 0 unspecified atom stereocenters. The van der Waals surface area contributed by atoms with Crippen LogP contribution < -0.4 is 0 Å². The molecule has 2 heterocycles. The first-order valence-electron chi connectivity index (χ1n) is 7.68. The summed E-state index contributed by atoms with van der Waals surface area (Å²) in [6.07, 6.45) is 0.882. The Morgan fingerprint density at radius 2 is 1.92 bits per heavy atom. The van der Waals surface area contributed by atoms with E-state index < -0.39 is 0 Å². The van der Waals surface area contributed by atoms with Crippen LogP contribution >= 0.6 is 11.3 Å². The SMILES string of the molecule is Oc1ccc2nc(-c3ccc(F)cc3)n(CCc3cccs3)c2c1. The molecule has 0 spiro atoms. The lowest BCUT2D eigenvalue weighted by Gasteiger charge is -2.09. The summed E-state index contributed by atoms with van der Waals surface area (Å²) in [5, 5.41) is 11.9. The van der Waals surface area contributed by atoms with Crippen LogP contribution in [-0.2, 0) is 13.0 Å². The number of hydrogen-bond acceptors (Lipinski definition) is 3. The molecule has 0 fully saturated rings. The second-order valence-corrected chi connectivity index (χ2v) is 6.63. The lowest BCUT2D eigenvalue weighted by atomic mass is 10.2. The third-order valence-electron chi connectivity index (χ3n) is 4.00. The summed E-state index contributed by atoms with van der Waals surface area (Å²) in [5.41, 5.74) is 2.56. The van der Waals surface area contributed by atoms with E-state index in [9.17, 15) is 9.50 Å². The van der Waals surface area contributed by atoms with E-state index in [0.29, 0.717) is 0 Å². The molecule has 2 aromatic carbocycles. The first-order valence-corrected chi connectivity index (χ1v) is 8.56. The summed E-state index contributed by atoms with van der Waals surface area (Å²) in [5.74, 6) is 0.732. The topological polar surface area (TPSA) is 38.1 Å². The van der Waals surface area contributed by atoms with Crippen molar-refractivity contribution in [2.75, 3.05) is 0 Å². The number of rotatable bonds is 4. The van der Waals surface area contributed by atoms with Crippen LogP contribution in [0, 0.1) is 5.82 Å². The molecule has 24 heavy (non-hydrogen) atoms. The summed E-state index contributed by atoms with van der Waals surface area (Å²) >= 11 is 1.72. The minimum atomic E-state index is -0.266. The molecule has 120 valence electrons. The number of aromatic hydroxyl groups is 1. The first kappa shape index (κ1) is 14.9. The highest BCUT2D eigenvalue weighted by molar-refractivity contribution is 7.09. The van der Waals surface area contributed by atoms with Crippen molar-refractivity contribution in [3.63, 3.8) is 0 Å². The lowest BCUT2D eigenvalue weighted by Crippen LogP contribution is -2.03. The molecule has 1 N–H and O–H groups in total. The standard InChI is InChI=1S/C19H15FN2OS/c20-14-5-3-13(4-6-14)19-21-17-8-7-15(23)12-18(17)22(19)10-9-16-2-1-11-24-16/h1-8,11-12,23H,9-10H2. The van der Waals surface area contributed by atoms with Gasteiger partial charge in [-0.2, -0.15) is 0 Å². The zero-order valence-electron chi connectivity index (χ0n) is 12.8. The van der Waals surface area contributed by atoms with Crippen LogP contribution in [0.1, 0.15) is 4.88 Å². The Balaban J connectivity index is 1.81. The molecule has 0 radical (unpaired) electrons. The summed E-state index contributed by atoms with van der Waals surface area (Å²) in [4.78, 5) is 5.98. The molecule has 5 heteroatoms. The normalized spacial score (nSPS) is 11.2. The lowest BCUT2D eigenvalue weighted by molar-refractivity contribution is 0.476. The van der Waals surface area contributed by atoms with Gasteiger partial charge in [0.1, 0.15) is 17.4 Å². The van der Waals surface area contributed by atoms with Crippen LogP contribution in [0.2, 0.25) is 0 Å². The van der Waals surface area contributed by atoms with Crippen LogP contribution in [0.25, 0.3) is 22.4 Å². The number of fused-ring (bicyclic) bond motifs is 1. The quantitative estimate of drug-likeness (QED) is 0.577. The number of hydrogen-bond donors (Lipinski definition) is 1. The number of aryl methyl sites for hydroxylation is 2. The second-order valence-electron chi connectivity index (χ2n) is 5.60. The Morgan fingerprint density at radius 3 is 2.67 bits per heavy atom. The van der Waals surface area contributed by atoms with E-state index in [0.717, 1.165) is 35.4 Å². The van der Waals surface area contributed by atoms with Crippen molar-refractivity contribution in [2.24, 2.45) is 0 Å². The minimum absolute atomic E-state index is 0.213. The fourth-order valence-corrected chi connectivity index (χ4v) is 3.53. The van der Waals surface area contributed by atoms with Crippen molar-refractivity contribution in [1.82, 2.24) is 9.55 Å². The number of phenols is 1. The van der Waals surface area contributed by atoms with Gasteiger partial charge in [-0.3, -0.25) is 0 Å². The number of aromatic nitrogens is 2. The van der Waals surface area contributed by atoms with Crippen molar-refractivity contribution in [3.8, 4) is 17.1 Å². The van der Waals surface area contributed by atoms with Crippen molar-refractivity contribution >= 4 is 22.4 Å². The molecule has 0 aliphatic heterocycles. The largest absolute Gasteiger partial charge is 0.508 e. The third kappa shape index (κ3) is 2.78. The molecule has 3 nitrogen and oxygen atoms in total. The third-order valence-corrected chi connectivity index (χ3v) is 4.93. The number of phenolic OH excluding ortho intramolecular Hbond substituents is 1. The molecule has 0 bridgehead atoms. The van der Waals surface area contributed by atoms with E-state index in [1.54, 1.807) is 41.7 Å². The summed E-state index contributed by atoms with van der Waals surface area (Å²) in [6, 6.07) is 15.7. The van der Waals surface area contributed by atoms with Crippen LogP contribution in [0.15, 0.2) is 60.0 Å². The number of thiophene rings is 1. The number of nitrogens with zero attached hydrogens (tertiary/aromatic N) is 2. The highest BCUT2D eigenvalue weighted by Gasteiger charge is 2.13. The molecule has 2 aromatic heterocycles. The Kier molecular flexibility index (Phi) is 3.78. The number of benzene rings is 2. The molecule has 4 aromatic rings. The smallest absolute Gasteiger partial charge is 0.141 e. The molecule has 0 amide bonds. The van der Waals surface area contributed by atoms with Gasteiger partial charge in [-0.1, -0.05) is 6.07 Å². The van der Waals surface area contributed by atoms with E-state index >= 15 is 0 Å². The van der Waals surface area contributed by atoms with E-state index in [4.69, 9.17) is 0 Å². The van der Waals surface area contributed by atoms with Gasteiger partial charge in [-0.25, -0.2) is 9.37 Å². The zero-order chi connectivity index (χ0) is 16.5. The van der Waals surface area contributed by atoms with Gasteiger partial charge >= 0.3 is 0 Å². The summed E-state index contributed by atoms with van der Waals surface area (Å²) in [6.45, 7) is 0.743. The molecular formula is C19H15FN2OS. The van der Waals surface area contributed by atoms with Crippen LogP contribution in [0.3, 0.4) is 0 Å². The van der Waals surface area contributed by atoms with Crippen molar-refractivity contribution in [1.29, 1.82) is 0 Å². The number of imidazole rings is 1. The van der Waals surface area contributed by atoms with Gasteiger partial charge in [0.15, 0.2) is 0 Å². The fourth-order valence-electron chi connectivity index (χ4n) is 2.83. The molecular weight excluding hydrogens is 323 g/mol. The molecule has 0 aliphatic carbocycles. The van der Waals surface area contributed by atoms with Crippen molar-refractivity contribution in [2.45, 2.75) is 13.0 Å². The van der Waals surface area contributed by atoms with E-state index in [1.807, 2.05) is 6.07 Å². The van der Waals surface area contributed by atoms with E-state index in [2.05, 4.69) is 21.0 Å². The van der Waals surface area contributed by atoms with Gasteiger partial charge in [-0.05, 0) is 54.3 Å². The highest BCUT2D eigenvalue weighted by Crippen LogP contribution is 2.28. The minimum Gasteiger partial charge on any atom is -0.508 e. The van der Waals surface area contributed by atoms with E-state index in [1.165, 1.54) is 17.0 Å². The zero-order valence-corrected chi connectivity index (χ0v) is 13.6. The van der Waals surface area contributed by atoms with Crippen LogP contribution in [0.4, 0.5) is 4.39 Å². The maximum absolute atomic E-state index is 13.2. The molecule has 0 saturated carbocycles. The van der Waals surface area contributed by atoms with Crippen LogP contribution in [0.5, 0.6) is 5.75 Å². The predicted octanol–water partition coefficient (Wildman–Crippen LogP) is 4.85. The average molecular weight is 338 g/mol. The van der Waals surface area contributed by atoms with Gasteiger partial charge in [0.2, 0.25) is 0 Å². The number of halogens is 1. The second kappa shape index (κ2) is 6.09. The van der Waals surface area contributed by atoms with E-state index in [-0.39, 0.29) is 11.6 Å². The Morgan fingerprint density at radius 1 is 1.08 bits per heavy atom. The molecule has 0 aliphatic rings. The Bertz CT molecular complexity index is 975. The highest BCUT2D eigenvalue weighted by atomic mass is 32.1. The van der Waals surface area contributed by atoms with Crippen LogP contribution in [-0.4, -0.2) is 14.7 Å². The molecule has 0 saturated heterocycles. The van der Waals surface area contributed by atoms with Gasteiger partial charge in [0, 0.05) is 23.1 Å². The fraction of sp³-hybridized carbons (Fsp3) is 0.105. The maximum atomic E-state index is 13.2. The monoisotopic (exact) mass is 338 g/mol. The molecule has 0 atom stereocenters. The average Bonchev–Trinajstić information content (AvgIpc) is 3.21. The van der Waals surface area contributed by atoms with Crippen molar-refractivity contribution in [3.05, 3.63) is 70.7 Å².